The van der Waals surface area contributed by atoms with E-state index < -0.39 is 33.5 Å². The largest absolute Gasteiger partial charge is 0.318 e. The van der Waals surface area contributed by atoms with Gasteiger partial charge in [-0.25, -0.2) is 8.78 Å². The van der Waals surface area contributed by atoms with Gasteiger partial charge in [-0.15, -0.1) is 0 Å². The van der Waals surface area contributed by atoms with Gasteiger partial charge in [-0.1, -0.05) is 11.6 Å². The summed E-state index contributed by atoms with van der Waals surface area (Å²) in [5.41, 5.74) is -2.19. The highest BCUT2D eigenvalue weighted by Crippen LogP contribution is 2.28. The van der Waals surface area contributed by atoms with E-state index in [4.69, 9.17) is 23.2 Å². The van der Waals surface area contributed by atoms with Crippen molar-refractivity contribution in [3.8, 4) is 0 Å². The average Bonchev–Trinajstić information content (AvgIpc) is 2.01. The van der Waals surface area contributed by atoms with Crippen molar-refractivity contribution in [3.05, 3.63) is 32.7 Å². The number of pyridine rings is 1. The molecule has 0 spiro atoms. The van der Waals surface area contributed by atoms with Gasteiger partial charge in [0.2, 0.25) is 5.56 Å². The van der Waals surface area contributed by atoms with E-state index in [1.165, 1.54) is 0 Å². The molecule has 1 rings (SSSR count). The Hall–Kier alpha value is -0.940. The van der Waals surface area contributed by atoms with E-state index in [1.807, 2.05) is 4.98 Å². The second kappa shape index (κ2) is 4.06. The van der Waals surface area contributed by atoms with Crippen LogP contribution in [0.2, 0.25) is 5.02 Å². The van der Waals surface area contributed by atoms with Crippen molar-refractivity contribution >= 4 is 28.4 Å². The van der Waals surface area contributed by atoms with Crippen molar-refractivity contribution in [2.75, 3.05) is 0 Å². The first-order valence-corrected chi connectivity index (χ1v) is 4.09. The van der Waals surface area contributed by atoms with Crippen LogP contribution >= 0.6 is 23.2 Å². The second-order valence-corrected chi connectivity index (χ2v) is 3.10. The maximum Gasteiger partial charge on any atom is 0.269 e. The van der Waals surface area contributed by atoms with Crippen LogP contribution in [0.25, 0.3) is 0 Å². The zero-order valence-electron chi connectivity index (χ0n) is 6.48. The standard InChI is InChI=1S/C7H3Cl2F2NO2/c8-2-1-3(13)12-5(6(9)14)4(2)7(10)11/h1,7H,(H,12,13). The van der Waals surface area contributed by atoms with Crippen molar-refractivity contribution in [1.82, 2.24) is 4.98 Å². The van der Waals surface area contributed by atoms with Gasteiger partial charge >= 0.3 is 0 Å². The first-order chi connectivity index (χ1) is 6.43. The van der Waals surface area contributed by atoms with Crippen molar-refractivity contribution < 1.29 is 13.6 Å². The minimum atomic E-state index is -2.97. The molecule has 3 nitrogen and oxygen atoms in total. The molecule has 0 amide bonds. The monoisotopic (exact) mass is 241 g/mol. The summed E-state index contributed by atoms with van der Waals surface area (Å²) in [7, 11) is 0. The lowest BCUT2D eigenvalue weighted by Gasteiger charge is -2.05. The summed E-state index contributed by atoms with van der Waals surface area (Å²) in [4.78, 5) is 23.4. The smallest absolute Gasteiger partial charge is 0.269 e. The number of alkyl halides is 2. The Bertz CT molecular complexity index is 430. The van der Waals surface area contributed by atoms with E-state index in [2.05, 4.69) is 0 Å². The number of rotatable bonds is 2. The topological polar surface area (TPSA) is 49.9 Å². The van der Waals surface area contributed by atoms with Gasteiger partial charge in [-0.05, 0) is 11.6 Å². The van der Waals surface area contributed by atoms with Gasteiger partial charge in [-0.2, -0.15) is 0 Å². The van der Waals surface area contributed by atoms with Crippen LogP contribution < -0.4 is 5.56 Å². The molecule has 1 aromatic heterocycles. The molecule has 0 saturated heterocycles. The third-order valence-corrected chi connectivity index (χ3v) is 1.95. The minimum Gasteiger partial charge on any atom is -0.318 e. The Morgan fingerprint density at radius 2 is 2.07 bits per heavy atom. The third-order valence-electron chi connectivity index (χ3n) is 1.45. The van der Waals surface area contributed by atoms with Crippen LogP contribution in [-0.2, 0) is 0 Å². The summed E-state index contributed by atoms with van der Waals surface area (Å²) in [5.74, 6) is 0. The van der Waals surface area contributed by atoms with Crippen LogP contribution in [0.15, 0.2) is 10.9 Å². The van der Waals surface area contributed by atoms with Gasteiger partial charge in [0.05, 0.1) is 10.6 Å². The summed E-state index contributed by atoms with van der Waals surface area (Å²) in [6.07, 6.45) is -2.97. The maximum absolute atomic E-state index is 12.4. The van der Waals surface area contributed by atoms with Crippen LogP contribution in [0.5, 0.6) is 0 Å². The van der Waals surface area contributed by atoms with E-state index in [9.17, 15) is 18.4 Å². The van der Waals surface area contributed by atoms with Crippen molar-refractivity contribution in [2.24, 2.45) is 0 Å². The van der Waals surface area contributed by atoms with Crippen LogP contribution in [0, 0.1) is 0 Å². The number of hydrogen-bond donors (Lipinski definition) is 1. The Balaban J connectivity index is 3.52. The Labute approximate surface area is 86.6 Å². The quantitative estimate of drug-likeness (QED) is 0.809. The van der Waals surface area contributed by atoms with Gasteiger partial charge in [-0.3, -0.25) is 9.59 Å². The number of H-pyrrole nitrogens is 1. The summed E-state index contributed by atoms with van der Waals surface area (Å²) >= 11 is 10.4. The molecule has 14 heavy (non-hydrogen) atoms. The highest BCUT2D eigenvalue weighted by Gasteiger charge is 2.21. The number of hydrogen-bond acceptors (Lipinski definition) is 2. The van der Waals surface area contributed by atoms with Gasteiger partial charge in [0.1, 0.15) is 5.69 Å². The molecule has 0 fully saturated rings. The fraction of sp³-hybridized carbons (Fsp3) is 0.143. The number of nitrogens with one attached hydrogen (secondary N) is 1. The average molecular weight is 242 g/mol. The van der Waals surface area contributed by atoms with Crippen molar-refractivity contribution in [1.29, 1.82) is 0 Å². The lowest BCUT2D eigenvalue weighted by Crippen LogP contribution is -2.13. The fourth-order valence-corrected chi connectivity index (χ4v) is 1.33. The van der Waals surface area contributed by atoms with E-state index in [0.29, 0.717) is 0 Å². The molecule has 0 unspecified atom stereocenters. The van der Waals surface area contributed by atoms with Crippen LogP contribution in [-0.4, -0.2) is 10.2 Å². The second-order valence-electron chi connectivity index (χ2n) is 2.34. The number of carbonyl (C=O) groups is 1. The predicted octanol–water partition coefficient (Wildman–Crippen LogP) is 2.34. The van der Waals surface area contributed by atoms with E-state index in [0.717, 1.165) is 6.07 Å². The molecular weight excluding hydrogens is 239 g/mol. The first-order valence-electron chi connectivity index (χ1n) is 3.34. The SMILES string of the molecule is O=C(Cl)c1[nH]c(=O)cc(Cl)c1C(F)F. The van der Waals surface area contributed by atoms with Gasteiger partial charge in [0.15, 0.2) is 0 Å². The van der Waals surface area contributed by atoms with Gasteiger partial charge < -0.3 is 4.98 Å². The minimum absolute atomic E-state index is 0.479. The summed E-state index contributed by atoms with van der Waals surface area (Å²) in [5, 5.41) is -1.66. The van der Waals surface area contributed by atoms with Crippen LogP contribution in [0.3, 0.4) is 0 Å². The molecular formula is C7H3Cl2F2NO2. The molecule has 0 aliphatic carbocycles. The molecule has 0 atom stereocenters. The normalized spacial score (nSPS) is 10.6. The molecule has 1 heterocycles. The van der Waals surface area contributed by atoms with E-state index >= 15 is 0 Å². The lowest BCUT2D eigenvalue weighted by molar-refractivity contribution is 0.106. The highest BCUT2D eigenvalue weighted by molar-refractivity contribution is 6.67. The van der Waals surface area contributed by atoms with Gasteiger partial charge in [0.25, 0.3) is 11.7 Å². The van der Waals surface area contributed by atoms with Crippen LogP contribution in [0.4, 0.5) is 8.78 Å². The lowest BCUT2D eigenvalue weighted by atomic mass is 10.2. The fourth-order valence-electron chi connectivity index (χ4n) is 0.907. The molecule has 1 aromatic rings. The molecule has 76 valence electrons. The molecule has 0 bridgehead atoms. The summed E-state index contributed by atoms with van der Waals surface area (Å²) in [6, 6.07) is 0.756. The number of halogens is 4. The predicted molar refractivity (Wildman–Crippen MR) is 47.2 cm³/mol. The molecule has 0 saturated carbocycles. The maximum atomic E-state index is 12.4. The van der Waals surface area contributed by atoms with Gasteiger partial charge in [0, 0.05) is 6.07 Å². The van der Waals surface area contributed by atoms with E-state index in [1.54, 1.807) is 0 Å². The zero-order valence-corrected chi connectivity index (χ0v) is 7.99. The van der Waals surface area contributed by atoms with Crippen molar-refractivity contribution in [2.45, 2.75) is 6.43 Å². The number of aromatic nitrogens is 1. The Kier molecular flexibility index (Phi) is 3.23. The zero-order chi connectivity index (χ0) is 10.9. The molecule has 0 aromatic carbocycles. The summed E-state index contributed by atoms with van der Waals surface area (Å²) < 4.78 is 24.7. The molecule has 0 aliphatic rings. The molecule has 0 radical (unpaired) electrons. The summed E-state index contributed by atoms with van der Waals surface area (Å²) in [6.45, 7) is 0. The Morgan fingerprint density at radius 3 is 2.50 bits per heavy atom. The number of aromatic amines is 1. The molecule has 0 aliphatic heterocycles. The van der Waals surface area contributed by atoms with Crippen molar-refractivity contribution in [3.63, 3.8) is 0 Å². The third kappa shape index (κ3) is 2.10. The Morgan fingerprint density at radius 1 is 1.50 bits per heavy atom. The number of carbonyl (C=O) groups excluding carboxylic acids is 1. The first kappa shape index (κ1) is 11.1. The molecule has 7 heteroatoms. The molecule has 1 N–H and O–H groups in total. The highest BCUT2D eigenvalue weighted by atomic mass is 35.5. The van der Waals surface area contributed by atoms with E-state index in [-0.39, 0.29) is 0 Å². The van der Waals surface area contributed by atoms with Crippen LogP contribution in [0.1, 0.15) is 22.5 Å².